The summed E-state index contributed by atoms with van der Waals surface area (Å²) in [6, 6.07) is 17.6. The molecule has 1 atom stereocenters. The molecule has 1 aliphatic heterocycles. The molecule has 0 spiro atoms. The molecule has 1 unspecified atom stereocenters. The molecule has 4 aromatic rings. The Morgan fingerprint density at radius 1 is 0.879 bits per heavy atom. The largest absolute Gasteiger partial charge is 0.475 e. The highest BCUT2D eigenvalue weighted by Crippen LogP contribution is 2.45. The zero-order valence-electron chi connectivity index (χ0n) is 17.3. The number of benzene rings is 4. The molecule has 0 amide bonds. The van der Waals surface area contributed by atoms with Crippen molar-refractivity contribution < 1.29 is 26.3 Å². The fourth-order valence-electron chi connectivity index (χ4n) is 3.89. The van der Waals surface area contributed by atoms with Crippen LogP contribution in [0.1, 0.15) is 16.6 Å². The van der Waals surface area contributed by atoms with E-state index in [0.29, 0.717) is 17.6 Å². The summed E-state index contributed by atoms with van der Waals surface area (Å²) in [5, 5.41) is 1.89. The van der Waals surface area contributed by atoms with E-state index in [9.17, 15) is 21.6 Å². The maximum Gasteiger partial charge on any atom is 0.175 e. The molecule has 1 aliphatic rings. The molecule has 0 N–H and O–H groups in total. The average Bonchev–Trinajstić information content (AvgIpc) is 2.80. The molecule has 0 aliphatic carbocycles. The van der Waals surface area contributed by atoms with Crippen LogP contribution >= 0.6 is 11.8 Å². The van der Waals surface area contributed by atoms with Gasteiger partial charge in [-0.25, -0.2) is 21.6 Å². The number of rotatable bonds is 3. The number of halogens is 3. The van der Waals surface area contributed by atoms with E-state index in [1.807, 2.05) is 30.3 Å². The third kappa shape index (κ3) is 4.09. The van der Waals surface area contributed by atoms with E-state index >= 15 is 0 Å². The number of ether oxygens (including phenoxy) is 1. The van der Waals surface area contributed by atoms with Crippen molar-refractivity contribution in [2.75, 3.05) is 6.26 Å². The van der Waals surface area contributed by atoms with E-state index in [0.717, 1.165) is 33.5 Å². The smallest absolute Gasteiger partial charge is 0.175 e. The Balaban J connectivity index is 1.55. The molecule has 1 heterocycles. The summed E-state index contributed by atoms with van der Waals surface area (Å²) >= 11 is 1.28. The van der Waals surface area contributed by atoms with Crippen LogP contribution in [-0.4, -0.2) is 14.7 Å². The highest BCUT2D eigenvalue weighted by molar-refractivity contribution is 7.98. The fraction of sp³-hybridized carbons (Fsp3) is 0.120. The van der Waals surface area contributed by atoms with Gasteiger partial charge >= 0.3 is 0 Å². The summed E-state index contributed by atoms with van der Waals surface area (Å²) in [6.45, 7) is 0. The van der Waals surface area contributed by atoms with E-state index in [-0.39, 0.29) is 10.5 Å². The molecule has 0 fully saturated rings. The maximum absolute atomic E-state index is 14.3. The zero-order valence-corrected chi connectivity index (χ0v) is 18.9. The van der Waals surface area contributed by atoms with Gasteiger partial charge < -0.3 is 4.74 Å². The molecule has 4 aromatic carbocycles. The van der Waals surface area contributed by atoms with Gasteiger partial charge in [0.05, 0.1) is 4.90 Å². The van der Waals surface area contributed by atoms with Crippen molar-refractivity contribution >= 4 is 32.4 Å². The van der Waals surface area contributed by atoms with Gasteiger partial charge in [0.2, 0.25) is 0 Å². The summed E-state index contributed by atoms with van der Waals surface area (Å²) in [5.74, 6) is -2.21. The van der Waals surface area contributed by atoms with Crippen molar-refractivity contribution in [2.24, 2.45) is 0 Å². The van der Waals surface area contributed by atoms with Crippen LogP contribution in [0.4, 0.5) is 13.2 Å². The first kappa shape index (κ1) is 21.9. The van der Waals surface area contributed by atoms with Gasteiger partial charge in [-0.15, -0.1) is 11.8 Å². The number of sulfone groups is 1. The third-order valence-electron chi connectivity index (χ3n) is 5.59. The standard InChI is InChI=1S/C25H17F3O3S2/c1-33(29,30)17-4-2-3-15(9-17)16-6-5-14-7-8-24-20(18(14)10-16)13-32-25(31-24)19-11-22(27)23(28)12-21(19)26/h2-12,25H,13H2,1H3. The summed E-state index contributed by atoms with van der Waals surface area (Å²) < 4.78 is 71.1. The predicted molar refractivity (Wildman–Crippen MR) is 123 cm³/mol. The van der Waals surface area contributed by atoms with Crippen LogP contribution in [0.3, 0.4) is 0 Å². The Bertz CT molecular complexity index is 1520. The van der Waals surface area contributed by atoms with Crippen molar-refractivity contribution in [2.45, 2.75) is 16.1 Å². The molecular formula is C25H17F3O3S2. The number of fused-ring (bicyclic) bond motifs is 3. The first-order chi connectivity index (χ1) is 15.7. The number of hydrogen-bond acceptors (Lipinski definition) is 4. The Morgan fingerprint density at radius 3 is 2.39 bits per heavy atom. The van der Waals surface area contributed by atoms with Crippen molar-refractivity contribution in [1.82, 2.24) is 0 Å². The quantitative estimate of drug-likeness (QED) is 0.304. The molecule has 3 nitrogen and oxygen atoms in total. The normalized spacial score (nSPS) is 15.8. The summed E-state index contributed by atoms with van der Waals surface area (Å²) in [7, 11) is -3.34. The van der Waals surface area contributed by atoms with Crippen molar-refractivity contribution in [3.05, 3.63) is 95.3 Å². The van der Waals surface area contributed by atoms with Crippen LogP contribution in [0.5, 0.6) is 5.75 Å². The first-order valence-electron chi connectivity index (χ1n) is 9.99. The Morgan fingerprint density at radius 2 is 1.61 bits per heavy atom. The molecule has 0 radical (unpaired) electrons. The topological polar surface area (TPSA) is 43.4 Å². The van der Waals surface area contributed by atoms with Crippen LogP contribution in [0, 0.1) is 17.5 Å². The van der Waals surface area contributed by atoms with Gasteiger partial charge in [-0.1, -0.05) is 30.3 Å². The lowest BCUT2D eigenvalue weighted by Crippen LogP contribution is -2.13. The second kappa shape index (κ2) is 8.11. The molecule has 0 aromatic heterocycles. The van der Waals surface area contributed by atoms with Crippen molar-refractivity contribution in [3.63, 3.8) is 0 Å². The van der Waals surface area contributed by atoms with Gasteiger partial charge in [0.1, 0.15) is 11.6 Å². The Kier molecular flexibility index (Phi) is 5.37. The van der Waals surface area contributed by atoms with E-state index in [1.54, 1.807) is 24.3 Å². The second-order valence-electron chi connectivity index (χ2n) is 7.83. The lowest BCUT2D eigenvalue weighted by atomic mass is 9.98. The minimum absolute atomic E-state index is 0.0454. The van der Waals surface area contributed by atoms with Gasteiger partial charge in [0, 0.05) is 29.2 Å². The van der Waals surface area contributed by atoms with Crippen LogP contribution in [0.25, 0.3) is 21.9 Å². The van der Waals surface area contributed by atoms with E-state index in [4.69, 9.17) is 4.74 Å². The van der Waals surface area contributed by atoms with Crippen LogP contribution in [-0.2, 0) is 15.6 Å². The van der Waals surface area contributed by atoms with E-state index in [2.05, 4.69) is 0 Å². The SMILES string of the molecule is CS(=O)(=O)c1cccc(-c2ccc3ccc4c(c3c2)CSC(c2cc(F)c(F)cc2F)O4)c1. The van der Waals surface area contributed by atoms with Crippen LogP contribution in [0.2, 0.25) is 0 Å². The maximum atomic E-state index is 14.3. The molecule has 0 saturated heterocycles. The highest BCUT2D eigenvalue weighted by atomic mass is 32.2. The van der Waals surface area contributed by atoms with Gasteiger partial charge in [0.25, 0.3) is 0 Å². The monoisotopic (exact) mass is 486 g/mol. The lowest BCUT2D eigenvalue weighted by Gasteiger charge is -2.27. The van der Waals surface area contributed by atoms with Gasteiger partial charge in [0.15, 0.2) is 26.9 Å². The number of hydrogen-bond donors (Lipinski definition) is 0. The van der Waals surface area contributed by atoms with Crippen LogP contribution in [0.15, 0.2) is 71.6 Å². The Hall–Kier alpha value is -2.97. The van der Waals surface area contributed by atoms with Crippen molar-refractivity contribution in [3.8, 4) is 16.9 Å². The minimum atomic E-state index is -3.34. The summed E-state index contributed by atoms with van der Waals surface area (Å²) in [5.41, 5.74) is 1.66. The summed E-state index contributed by atoms with van der Waals surface area (Å²) in [4.78, 5) is 0.241. The molecule has 33 heavy (non-hydrogen) atoms. The van der Waals surface area contributed by atoms with E-state index < -0.39 is 32.7 Å². The molecule has 0 saturated carbocycles. The third-order valence-corrected chi connectivity index (χ3v) is 7.81. The fourth-order valence-corrected chi connectivity index (χ4v) is 5.70. The molecular weight excluding hydrogens is 469 g/mol. The molecule has 168 valence electrons. The van der Waals surface area contributed by atoms with Crippen LogP contribution < -0.4 is 4.74 Å². The summed E-state index contributed by atoms with van der Waals surface area (Å²) in [6.07, 6.45) is 1.17. The van der Waals surface area contributed by atoms with Crippen molar-refractivity contribution in [1.29, 1.82) is 0 Å². The first-order valence-corrected chi connectivity index (χ1v) is 12.9. The predicted octanol–water partition coefficient (Wildman–Crippen LogP) is 6.65. The molecule has 8 heteroatoms. The average molecular weight is 487 g/mol. The zero-order chi connectivity index (χ0) is 23.3. The van der Waals surface area contributed by atoms with Gasteiger partial charge in [-0.3, -0.25) is 0 Å². The second-order valence-corrected chi connectivity index (χ2v) is 10.9. The van der Waals surface area contributed by atoms with E-state index in [1.165, 1.54) is 18.0 Å². The Labute approximate surface area is 193 Å². The number of thioether (sulfide) groups is 1. The minimum Gasteiger partial charge on any atom is -0.475 e. The lowest BCUT2D eigenvalue weighted by molar-refractivity contribution is 0.280. The molecule has 0 bridgehead atoms. The highest BCUT2D eigenvalue weighted by Gasteiger charge is 2.27. The van der Waals surface area contributed by atoms with Gasteiger partial charge in [-0.2, -0.15) is 0 Å². The molecule has 5 rings (SSSR count). The van der Waals surface area contributed by atoms with Gasteiger partial charge in [-0.05, 0) is 52.2 Å².